The zero-order chi connectivity index (χ0) is 21.9. The molecule has 0 aliphatic carbocycles. The van der Waals surface area contributed by atoms with Crippen molar-refractivity contribution in [2.75, 3.05) is 25.0 Å². The molecule has 0 radical (unpaired) electrons. The van der Waals surface area contributed by atoms with Gasteiger partial charge in [-0.1, -0.05) is 30.3 Å². The molecular formula is C24H33N3O3. The molecule has 1 aromatic heterocycles. The number of carbonyl (C=O) groups is 1. The Hall–Kier alpha value is -2.44. The van der Waals surface area contributed by atoms with Gasteiger partial charge in [-0.2, -0.15) is 0 Å². The molecule has 2 heterocycles. The molecule has 1 N–H and O–H groups in total. The number of pyridine rings is 1. The molecule has 1 saturated heterocycles. The van der Waals surface area contributed by atoms with Crippen LogP contribution in [-0.4, -0.2) is 52.9 Å². The fourth-order valence-corrected chi connectivity index (χ4v) is 3.82. The Kier molecular flexibility index (Phi) is 6.78. The number of carbonyl (C=O) groups excluding carboxylic acids is 1. The molecule has 2 atom stereocenters. The number of ether oxygens (including phenoxy) is 1. The molecule has 1 amide bonds. The lowest BCUT2D eigenvalue weighted by Crippen LogP contribution is -2.37. The van der Waals surface area contributed by atoms with Gasteiger partial charge in [0, 0.05) is 24.7 Å². The van der Waals surface area contributed by atoms with Crippen molar-refractivity contribution in [2.45, 2.75) is 52.4 Å². The van der Waals surface area contributed by atoms with Crippen LogP contribution in [0.4, 0.5) is 10.6 Å². The number of β-amino-alcohol motifs (C(OH)–C–C–N with tert-alkyl or cyclic N) is 1. The van der Waals surface area contributed by atoms with E-state index in [0.717, 1.165) is 23.4 Å². The first kappa shape index (κ1) is 22.2. The number of hydrogen-bond donors (Lipinski definition) is 1. The van der Waals surface area contributed by atoms with Gasteiger partial charge >= 0.3 is 6.09 Å². The van der Waals surface area contributed by atoms with Gasteiger partial charge in [0.25, 0.3) is 0 Å². The molecule has 6 heteroatoms. The zero-order valence-electron chi connectivity index (χ0n) is 18.6. The van der Waals surface area contributed by atoms with Crippen molar-refractivity contribution >= 4 is 11.9 Å². The second-order valence-electron chi connectivity index (χ2n) is 9.30. The normalized spacial score (nSPS) is 19.7. The third-order valence-electron chi connectivity index (χ3n) is 5.14. The van der Waals surface area contributed by atoms with E-state index in [1.165, 1.54) is 0 Å². The predicted octanol–water partition coefficient (Wildman–Crippen LogP) is 3.80. The number of hydrogen-bond acceptors (Lipinski definition) is 5. The molecule has 1 aromatic carbocycles. The van der Waals surface area contributed by atoms with E-state index in [-0.39, 0.29) is 12.0 Å². The highest BCUT2D eigenvalue weighted by Crippen LogP contribution is 2.24. The van der Waals surface area contributed by atoms with E-state index in [4.69, 9.17) is 9.72 Å². The third-order valence-corrected chi connectivity index (χ3v) is 5.14. The Bertz CT molecular complexity index is 864. The second-order valence-corrected chi connectivity index (χ2v) is 9.30. The molecule has 0 saturated carbocycles. The second kappa shape index (κ2) is 9.14. The Labute approximate surface area is 179 Å². The fourth-order valence-electron chi connectivity index (χ4n) is 3.82. The standard InChI is InChI=1S/C24H33N3O3/c1-17-11-20(13-19-15-26(5)16-21(19)28)25-22(12-17)27(23(29)30-24(2,3)4)14-18-9-7-6-8-10-18/h6-12,19,21,28H,13-16H2,1-5H3/t19-,21-/m0/s1. The summed E-state index contributed by atoms with van der Waals surface area (Å²) >= 11 is 0. The van der Waals surface area contributed by atoms with E-state index in [1.54, 1.807) is 4.90 Å². The minimum atomic E-state index is -0.600. The van der Waals surface area contributed by atoms with Crippen LogP contribution in [0.1, 0.15) is 37.6 Å². The van der Waals surface area contributed by atoms with Crippen molar-refractivity contribution in [1.29, 1.82) is 0 Å². The Morgan fingerprint density at radius 2 is 1.93 bits per heavy atom. The fraction of sp³-hybridized carbons (Fsp3) is 0.500. The molecule has 30 heavy (non-hydrogen) atoms. The molecule has 162 valence electrons. The van der Waals surface area contributed by atoms with E-state index in [9.17, 15) is 9.90 Å². The topological polar surface area (TPSA) is 65.9 Å². The first-order valence-corrected chi connectivity index (χ1v) is 10.5. The largest absolute Gasteiger partial charge is 0.443 e. The summed E-state index contributed by atoms with van der Waals surface area (Å²) in [5.41, 5.74) is 2.31. The smallest absolute Gasteiger partial charge is 0.416 e. The summed E-state index contributed by atoms with van der Waals surface area (Å²) in [6.07, 6.45) is -0.101. The molecule has 0 unspecified atom stereocenters. The number of aliphatic hydroxyl groups excluding tert-OH is 1. The number of benzene rings is 1. The number of likely N-dealkylation sites (N-methyl/N-ethyl adjacent to an activating group) is 1. The average Bonchev–Trinajstić information content (AvgIpc) is 2.95. The van der Waals surface area contributed by atoms with Gasteiger partial charge in [-0.3, -0.25) is 4.90 Å². The maximum atomic E-state index is 13.0. The lowest BCUT2D eigenvalue weighted by Gasteiger charge is -2.27. The van der Waals surface area contributed by atoms with Gasteiger partial charge in [-0.05, 0) is 64.4 Å². The predicted molar refractivity (Wildman–Crippen MR) is 119 cm³/mol. The van der Waals surface area contributed by atoms with Gasteiger partial charge in [0.05, 0.1) is 12.6 Å². The van der Waals surface area contributed by atoms with Gasteiger partial charge in [-0.25, -0.2) is 9.78 Å². The molecular weight excluding hydrogens is 378 g/mol. The van der Waals surface area contributed by atoms with Crippen LogP contribution in [0, 0.1) is 12.8 Å². The Balaban J connectivity index is 1.89. The van der Waals surface area contributed by atoms with Crippen molar-refractivity contribution in [1.82, 2.24) is 9.88 Å². The van der Waals surface area contributed by atoms with Gasteiger partial charge in [0.15, 0.2) is 0 Å². The minimum Gasteiger partial charge on any atom is -0.443 e. The summed E-state index contributed by atoms with van der Waals surface area (Å²) in [4.78, 5) is 21.6. The summed E-state index contributed by atoms with van der Waals surface area (Å²) in [7, 11) is 2.02. The summed E-state index contributed by atoms with van der Waals surface area (Å²) in [5.74, 6) is 0.713. The number of likely N-dealkylation sites (tertiary alicyclic amines) is 1. The third kappa shape index (κ3) is 6.03. The number of anilines is 1. The molecule has 0 spiro atoms. The highest BCUT2D eigenvalue weighted by Gasteiger charge is 2.30. The average molecular weight is 412 g/mol. The van der Waals surface area contributed by atoms with E-state index in [2.05, 4.69) is 4.90 Å². The number of aryl methyl sites for hydroxylation is 1. The van der Waals surface area contributed by atoms with Gasteiger partial charge in [-0.15, -0.1) is 0 Å². The molecule has 1 aliphatic rings. The minimum absolute atomic E-state index is 0.140. The first-order chi connectivity index (χ1) is 14.1. The highest BCUT2D eigenvalue weighted by molar-refractivity contribution is 5.86. The monoisotopic (exact) mass is 411 g/mol. The van der Waals surface area contributed by atoms with Crippen LogP contribution < -0.4 is 4.90 Å². The van der Waals surface area contributed by atoms with Crippen LogP contribution in [0.25, 0.3) is 0 Å². The summed E-state index contributed by atoms with van der Waals surface area (Å²) in [6.45, 7) is 9.48. The number of aromatic nitrogens is 1. The van der Waals surface area contributed by atoms with E-state index in [0.29, 0.717) is 25.3 Å². The van der Waals surface area contributed by atoms with E-state index in [1.807, 2.05) is 77.2 Å². The summed E-state index contributed by atoms with van der Waals surface area (Å²) in [6, 6.07) is 13.8. The van der Waals surface area contributed by atoms with Crippen molar-refractivity contribution in [3.8, 4) is 0 Å². The van der Waals surface area contributed by atoms with Gasteiger partial charge in [0.2, 0.25) is 0 Å². The van der Waals surface area contributed by atoms with Gasteiger partial charge < -0.3 is 14.7 Å². The summed E-state index contributed by atoms with van der Waals surface area (Å²) in [5, 5.41) is 10.3. The molecule has 3 rings (SSSR count). The van der Waals surface area contributed by atoms with Crippen LogP contribution in [0.15, 0.2) is 42.5 Å². The Morgan fingerprint density at radius 1 is 1.23 bits per heavy atom. The number of nitrogens with zero attached hydrogens (tertiary/aromatic N) is 3. The van der Waals surface area contributed by atoms with Crippen LogP contribution in [0.3, 0.4) is 0 Å². The van der Waals surface area contributed by atoms with Crippen LogP contribution in [-0.2, 0) is 17.7 Å². The molecule has 1 aliphatic heterocycles. The van der Waals surface area contributed by atoms with Crippen LogP contribution in [0.2, 0.25) is 0 Å². The number of aliphatic hydroxyl groups is 1. The molecule has 6 nitrogen and oxygen atoms in total. The lowest BCUT2D eigenvalue weighted by molar-refractivity contribution is 0.0576. The van der Waals surface area contributed by atoms with Crippen molar-refractivity contribution < 1.29 is 14.6 Å². The van der Waals surface area contributed by atoms with Gasteiger partial charge in [0.1, 0.15) is 11.4 Å². The maximum absolute atomic E-state index is 13.0. The highest BCUT2D eigenvalue weighted by atomic mass is 16.6. The quantitative estimate of drug-likeness (QED) is 0.811. The summed E-state index contributed by atoms with van der Waals surface area (Å²) < 4.78 is 5.67. The SMILES string of the molecule is Cc1cc(C[C@H]2CN(C)C[C@@H]2O)nc(N(Cc2ccccc2)C(=O)OC(C)(C)C)c1. The van der Waals surface area contributed by atoms with Crippen LogP contribution in [0.5, 0.6) is 0 Å². The molecule has 1 fully saturated rings. The number of amides is 1. The Morgan fingerprint density at radius 3 is 2.53 bits per heavy atom. The maximum Gasteiger partial charge on any atom is 0.416 e. The lowest BCUT2D eigenvalue weighted by atomic mass is 9.99. The van der Waals surface area contributed by atoms with Crippen molar-refractivity contribution in [2.24, 2.45) is 5.92 Å². The van der Waals surface area contributed by atoms with E-state index < -0.39 is 11.7 Å². The zero-order valence-corrected chi connectivity index (χ0v) is 18.6. The first-order valence-electron chi connectivity index (χ1n) is 10.5. The van der Waals surface area contributed by atoms with Crippen molar-refractivity contribution in [3.63, 3.8) is 0 Å². The molecule has 2 aromatic rings. The molecule has 0 bridgehead atoms. The van der Waals surface area contributed by atoms with E-state index >= 15 is 0 Å². The number of rotatable bonds is 5. The van der Waals surface area contributed by atoms with Crippen LogP contribution >= 0.6 is 0 Å². The van der Waals surface area contributed by atoms with Crippen molar-refractivity contribution in [3.05, 3.63) is 59.3 Å².